The highest BCUT2D eigenvalue weighted by atomic mass is 15.1. The van der Waals surface area contributed by atoms with Crippen molar-refractivity contribution >= 4 is 5.95 Å². The number of anilines is 1. The van der Waals surface area contributed by atoms with Crippen LogP contribution in [0.2, 0.25) is 0 Å². The fraction of sp³-hybridized carbons (Fsp3) is 0.821. The maximum atomic E-state index is 4.86. The van der Waals surface area contributed by atoms with Gasteiger partial charge in [-0.15, -0.1) is 0 Å². The van der Waals surface area contributed by atoms with Crippen molar-refractivity contribution < 1.29 is 0 Å². The summed E-state index contributed by atoms with van der Waals surface area (Å²) in [6, 6.07) is 0. The summed E-state index contributed by atoms with van der Waals surface area (Å²) < 4.78 is 0. The first-order valence-corrected chi connectivity index (χ1v) is 13.9. The van der Waals surface area contributed by atoms with E-state index < -0.39 is 0 Å². The predicted molar refractivity (Wildman–Crippen MR) is 136 cm³/mol. The van der Waals surface area contributed by atoms with E-state index >= 15 is 0 Å². The quantitative estimate of drug-likeness (QED) is 0.467. The van der Waals surface area contributed by atoms with Gasteiger partial charge in [-0.1, -0.05) is 115 Å². The van der Waals surface area contributed by atoms with E-state index in [2.05, 4.69) is 21.9 Å². The molecular weight excluding hydrogens is 392 g/mol. The number of nitrogens with one attached hydrogen (secondary N) is 1. The number of aromatic nitrogens is 3. The molecule has 0 radical (unpaired) electrons. The van der Waals surface area contributed by atoms with Crippen LogP contribution in [0.15, 0.2) is 18.5 Å². The molecule has 0 spiro atoms. The van der Waals surface area contributed by atoms with E-state index in [1.54, 1.807) is 6.33 Å². The highest BCUT2D eigenvalue weighted by Crippen LogP contribution is 2.29. The molecule has 1 N–H and O–H groups in total. The lowest BCUT2D eigenvalue weighted by molar-refractivity contribution is 0.465. The molecule has 2 aliphatic rings. The Morgan fingerprint density at radius 1 is 0.688 bits per heavy atom. The Kier molecular flexibility index (Phi) is 12.1. The summed E-state index contributed by atoms with van der Waals surface area (Å²) in [4.78, 5) is 13.9. The molecule has 1 aromatic rings. The fourth-order valence-electron chi connectivity index (χ4n) is 5.57. The lowest BCUT2D eigenvalue weighted by atomic mass is 9.89. The third-order valence-corrected chi connectivity index (χ3v) is 7.72. The summed E-state index contributed by atoms with van der Waals surface area (Å²) in [6.45, 7) is 5.26. The minimum absolute atomic E-state index is 0.488. The summed E-state index contributed by atoms with van der Waals surface area (Å²) in [6.07, 6.45) is 28.8. The number of hydrogen-bond donors (Lipinski definition) is 1. The lowest BCUT2D eigenvalue weighted by Crippen LogP contribution is -2.16. The lowest BCUT2D eigenvalue weighted by Gasteiger charge is -2.20. The number of nitrogens with zero attached hydrogens (tertiary/aromatic N) is 3. The van der Waals surface area contributed by atoms with Gasteiger partial charge in [0.2, 0.25) is 5.95 Å². The average Bonchev–Trinajstić information content (AvgIpc) is 2.92. The molecule has 1 heterocycles. The Morgan fingerprint density at radius 3 is 1.69 bits per heavy atom. The van der Waals surface area contributed by atoms with Crippen molar-refractivity contribution in [1.82, 2.24) is 15.0 Å². The summed E-state index contributed by atoms with van der Waals surface area (Å²) in [5.74, 6) is 2.87. The van der Waals surface area contributed by atoms with Gasteiger partial charge < -0.3 is 5.32 Å². The molecule has 2 fully saturated rings. The van der Waals surface area contributed by atoms with E-state index in [4.69, 9.17) is 4.98 Å². The van der Waals surface area contributed by atoms with Crippen molar-refractivity contribution in [2.24, 2.45) is 5.92 Å². The summed E-state index contributed by atoms with van der Waals surface area (Å²) in [7, 11) is 0. The van der Waals surface area contributed by atoms with Gasteiger partial charge in [-0.3, -0.25) is 0 Å². The maximum Gasteiger partial charge on any atom is 0.226 e. The summed E-state index contributed by atoms with van der Waals surface area (Å²) in [5.41, 5.74) is 1.33. The van der Waals surface area contributed by atoms with Gasteiger partial charge >= 0.3 is 0 Å². The minimum Gasteiger partial charge on any atom is -0.350 e. The van der Waals surface area contributed by atoms with Gasteiger partial charge in [0.1, 0.15) is 12.2 Å². The van der Waals surface area contributed by atoms with Crippen molar-refractivity contribution in [2.75, 3.05) is 11.9 Å². The van der Waals surface area contributed by atoms with E-state index in [1.165, 1.54) is 134 Å². The zero-order chi connectivity index (χ0) is 22.3. The fourth-order valence-corrected chi connectivity index (χ4v) is 5.57. The van der Waals surface area contributed by atoms with Crippen molar-refractivity contribution in [2.45, 2.75) is 134 Å². The summed E-state index contributed by atoms with van der Waals surface area (Å²) >= 11 is 0. The van der Waals surface area contributed by atoms with E-state index in [1.807, 2.05) is 0 Å². The minimum atomic E-state index is 0.488. The van der Waals surface area contributed by atoms with E-state index in [0.717, 1.165) is 18.3 Å². The van der Waals surface area contributed by atoms with Crippen molar-refractivity contribution in [3.05, 3.63) is 24.3 Å². The van der Waals surface area contributed by atoms with Gasteiger partial charge in [0.25, 0.3) is 0 Å². The molecule has 0 amide bonds. The molecule has 0 aliphatic heterocycles. The van der Waals surface area contributed by atoms with Crippen molar-refractivity contribution in [3.63, 3.8) is 0 Å². The first-order valence-electron chi connectivity index (χ1n) is 13.9. The van der Waals surface area contributed by atoms with Crippen LogP contribution < -0.4 is 5.32 Å². The topological polar surface area (TPSA) is 50.7 Å². The SMILES string of the molecule is C=C(CNc1ncnc(C2CCCCCCCCCC2)n1)C1CCCCCCCCCC1. The zero-order valence-electron chi connectivity index (χ0n) is 20.6. The molecule has 3 rings (SSSR count). The maximum absolute atomic E-state index is 4.86. The molecule has 2 saturated carbocycles. The van der Waals surface area contributed by atoms with Crippen LogP contribution in [0.25, 0.3) is 0 Å². The van der Waals surface area contributed by atoms with Crippen LogP contribution >= 0.6 is 0 Å². The Morgan fingerprint density at radius 2 is 1.16 bits per heavy atom. The number of hydrogen-bond acceptors (Lipinski definition) is 4. The Bertz CT molecular complexity index is 620. The standard InChI is InChI=1S/C28H48N4/c1-24(25-18-14-10-6-2-3-7-11-15-19-25)22-29-28-31-23-30-27(32-28)26-20-16-12-8-4-5-9-13-17-21-26/h23,25-26H,1-22H2,(H,29,30,31,32). The molecule has 2 aliphatic carbocycles. The molecule has 0 saturated heterocycles. The highest BCUT2D eigenvalue weighted by Gasteiger charge is 2.17. The van der Waals surface area contributed by atoms with Gasteiger partial charge in [-0.25, -0.2) is 9.97 Å². The van der Waals surface area contributed by atoms with Crippen LogP contribution in [0.1, 0.15) is 140 Å². The molecule has 180 valence electrons. The van der Waals surface area contributed by atoms with Crippen LogP contribution in [-0.2, 0) is 0 Å². The second-order valence-electron chi connectivity index (χ2n) is 10.4. The Balaban J connectivity index is 1.52. The third kappa shape index (κ3) is 9.58. The first-order chi connectivity index (χ1) is 15.8. The van der Waals surface area contributed by atoms with Gasteiger partial charge in [-0.2, -0.15) is 4.98 Å². The molecule has 32 heavy (non-hydrogen) atoms. The molecule has 1 aromatic heterocycles. The zero-order valence-corrected chi connectivity index (χ0v) is 20.6. The molecule has 4 heteroatoms. The second-order valence-corrected chi connectivity index (χ2v) is 10.4. The average molecular weight is 441 g/mol. The largest absolute Gasteiger partial charge is 0.350 e. The summed E-state index contributed by atoms with van der Waals surface area (Å²) in [5, 5.41) is 3.50. The molecule has 0 atom stereocenters. The predicted octanol–water partition coefficient (Wildman–Crippen LogP) is 8.37. The van der Waals surface area contributed by atoms with Crippen LogP contribution in [0.4, 0.5) is 5.95 Å². The van der Waals surface area contributed by atoms with E-state index in [-0.39, 0.29) is 0 Å². The number of rotatable bonds is 5. The van der Waals surface area contributed by atoms with Gasteiger partial charge in [-0.05, 0) is 31.6 Å². The van der Waals surface area contributed by atoms with Crippen molar-refractivity contribution in [1.29, 1.82) is 0 Å². The van der Waals surface area contributed by atoms with Crippen LogP contribution in [0.3, 0.4) is 0 Å². The molecule has 4 nitrogen and oxygen atoms in total. The smallest absolute Gasteiger partial charge is 0.226 e. The molecular formula is C28H48N4. The van der Waals surface area contributed by atoms with E-state index in [9.17, 15) is 0 Å². The monoisotopic (exact) mass is 440 g/mol. The normalized spacial score (nSPS) is 21.8. The van der Waals surface area contributed by atoms with E-state index in [0.29, 0.717) is 11.8 Å². The molecule has 0 unspecified atom stereocenters. The Labute approximate surface area is 197 Å². The second kappa shape index (κ2) is 15.4. The van der Waals surface area contributed by atoms with Gasteiger partial charge in [0.15, 0.2) is 0 Å². The van der Waals surface area contributed by atoms with Crippen LogP contribution in [-0.4, -0.2) is 21.5 Å². The van der Waals surface area contributed by atoms with Gasteiger partial charge in [0.05, 0.1) is 0 Å². The first kappa shape index (κ1) is 25.2. The van der Waals surface area contributed by atoms with Gasteiger partial charge in [0, 0.05) is 12.5 Å². The third-order valence-electron chi connectivity index (χ3n) is 7.72. The van der Waals surface area contributed by atoms with Crippen molar-refractivity contribution in [3.8, 4) is 0 Å². The van der Waals surface area contributed by atoms with Crippen LogP contribution in [0, 0.1) is 5.92 Å². The molecule has 0 aromatic carbocycles. The molecule has 0 bridgehead atoms. The highest BCUT2D eigenvalue weighted by molar-refractivity contribution is 5.27. The van der Waals surface area contributed by atoms with Crippen LogP contribution in [0.5, 0.6) is 0 Å². The Hall–Kier alpha value is -1.45.